The molecule has 1 unspecified atom stereocenters. The van der Waals surface area contributed by atoms with Crippen molar-refractivity contribution in [2.75, 3.05) is 39.4 Å². The van der Waals surface area contributed by atoms with Gasteiger partial charge in [0, 0.05) is 43.3 Å². The van der Waals surface area contributed by atoms with Gasteiger partial charge in [-0.05, 0) is 37.8 Å². The van der Waals surface area contributed by atoms with Crippen LogP contribution in [0.15, 0.2) is 30.6 Å². The average Bonchev–Trinajstić information content (AvgIpc) is 3.28. The monoisotopic (exact) mass is 369 g/mol. The Morgan fingerprint density at radius 3 is 2.70 bits per heavy atom. The van der Waals surface area contributed by atoms with Crippen LogP contribution >= 0.6 is 0 Å². The summed E-state index contributed by atoms with van der Waals surface area (Å²) in [6.45, 7) is 5.56. The Bertz CT molecular complexity index is 725. The van der Waals surface area contributed by atoms with Crippen molar-refractivity contribution in [2.24, 2.45) is 0 Å². The predicted molar refractivity (Wildman–Crippen MR) is 102 cm³/mol. The van der Waals surface area contributed by atoms with Crippen LogP contribution in [0.4, 0.5) is 0 Å². The van der Waals surface area contributed by atoms with E-state index in [4.69, 9.17) is 4.74 Å². The minimum absolute atomic E-state index is 0.144. The number of rotatable bonds is 5. The maximum atomic E-state index is 13.1. The van der Waals surface area contributed by atoms with E-state index < -0.39 is 0 Å². The molecule has 7 heteroatoms. The van der Waals surface area contributed by atoms with Crippen LogP contribution in [0.1, 0.15) is 36.0 Å². The molecule has 1 aromatic heterocycles. The molecule has 1 amide bonds. The molecule has 4 rings (SSSR count). The zero-order valence-corrected chi connectivity index (χ0v) is 15.6. The Kier molecular flexibility index (Phi) is 5.79. The van der Waals surface area contributed by atoms with Gasteiger partial charge < -0.3 is 9.64 Å². The number of aromatic nitrogens is 3. The lowest BCUT2D eigenvalue weighted by Gasteiger charge is -2.37. The Morgan fingerprint density at radius 1 is 1.15 bits per heavy atom. The number of carbonyl (C=O) groups excluding carboxylic acids is 1. The number of amides is 1. The van der Waals surface area contributed by atoms with Gasteiger partial charge >= 0.3 is 0 Å². The SMILES string of the molecule is O=C(c1ccc(-c2ncn[nH]2)cc1)N1CCCCC1CCN1CCOCC1. The van der Waals surface area contributed by atoms with Crippen molar-refractivity contribution in [3.05, 3.63) is 36.2 Å². The quantitative estimate of drug-likeness (QED) is 0.874. The zero-order chi connectivity index (χ0) is 18.5. The van der Waals surface area contributed by atoms with Gasteiger partial charge in [0.05, 0.1) is 13.2 Å². The number of nitrogens with one attached hydrogen (secondary N) is 1. The van der Waals surface area contributed by atoms with E-state index in [-0.39, 0.29) is 5.91 Å². The standard InChI is InChI=1S/C20H27N5O2/c26-20(17-6-4-16(5-7-17)19-21-15-22-23-19)25-9-2-1-3-18(25)8-10-24-11-13-27-14-12-24/h4-7,15,18H,1-3,8-14H2,(H,21,22,23). The molecule has 0 aliphatic carbocycles. The van der Waals surface area contributed by atoms with Crippen molar-refractivity contribution in [3.63, 3.8) is 0 Å². The van der Waals surface area contributed by atoms with E-state index in [0.717, 1.165) is 75.6 Å². The molecule has 2 aliphatic rings. The van der Waals surface area contributed by atoms with Crippen LogP contribution in [0.3, 0.4) is 0 Å². The number of carbonyl (C=O) groups is 1. The van der Waals surface area contributed by atoms with Crippen LogP contribution in [0.25, 0.3) is 11.4 Å². The molecular weight excluding hydrogens is 342 g/mol. The topological polar surface area (TPSA) is 74.4 Å². The second-order valence-corrected chi connectivity index (χ2v) is 7.30. The van der Waals surface area contributed by atoms with Crippen molar-refractivity contribution in [1.82, 2.24) is 25.0 Å². The summed E-state index contributed by atoms with van der Waals surface area (Å²) in [5.41, 5.74) is 1.68. The summed E-state index contributed by atoms with van der Waals surface area (Å²) in [6.07, 6.45) is 5.94. The van der Waals surface area contributed by atoms with Gasteiger partial charge in [-0.25, -0.2) is 4.98 Å². The van der Waals surface area contributed by atoms with Gasteiger partial charge in [-0.15, -0.1) is 0 Å². The minimum Gasteiger partial charge on any atom is -0.379 e. The highest BCUT2D eigenvalue weighted by molar-refractivity contribution is 5.94. The van der Waals surface area contributed by atoms with Gasteiger partial charge in [0.1, 0.15) is 6.33 Å². The van der Waals surface area contributed by atoms with E-state index in [1.807, 2.05) is 24.3 Å². The summed E-state index contributed by atoms with van der Waals surface area (Å²) < 4.78 is 5.43. The average molecular weight is 369 g/mol. The number of hydrogen-bond donors (Lipinski definition) is 1. The molecule has 7 nitrogen and oxygen atoms in total. The first-order valence-corrected chi connectivity index (χ1v) is 9.88. The first kappa shape index (κ1) is 18.1. The van der Waals surface area contributed by atoms with E-state index in [2.05, 4.69) is 25.0 Å². The molecule has 2 fully saturated rings. The highest BCUT2D eigenvalue weighted by Crippen LogP contribution is 2.23. The summed E-state index contributed by atoms with van der Waals surface area (Å²) in [5.74, 6) is 0.862. The summed E-state index contributed by atoms with van der Waals surface area (Å²) >= 11 is 0. The van der Waals surface area contributed by atoms with Crippen LogP contribution in [0, 0.1) is 0 Å². The summed E-state index contributed by atoms with van der Waals surface area (Å²) in [4.78, 5) is 21.8. The van der Waals surface area contributed by atoms with Gasteiger partial charge in [0.2, 0.25) is 0 Å². The van der Waals surface area contributed by atoms with Crippen LogP contribution in [-0.2, 0) is 4.74 Å². The molecule has 144 valence electrons. The van der Waals surface area contributed by atoms with Gasteiger partial charge in [-0.1, -0.05) is 12.1 Å². The van der Waals surface area contributed by atoms with Crippen LogP contribution in [0.5, 0.6) is 0 Å². The highest BCUT2D eigenvalue weighted by Gasteiger charge is 2.28. The minimum atomic E-state index is 0.144. The number of likely N-dealkylation sites (tertiary alicyclic amines) is 1. The molecule has 0 bridgehead atoms. The largest absolute Gasteiger partial charge is 0.379 e. The Hall–Kier alpha value is -2.25. The summed E-state index contributed by atoms with van der Waals surface area (Å²) in [5, 5.41) is 6.73. The first-order chi connectivity index (χ1) is 13.3. The Balaban J connectivity index is 1.40. The third kappa shape index (κ3) is 4.36. The number of piperidine rings is 1. The molecule has 2 aliphatic heterocycles. The lowest BCUT2D eigenvalue weighted by Crippen LogP contribution is -2.46. The summed E-state index contributed by atoms with van der Waals surface area (Å²) in [7, 11) is 0. The maximum absolute atomic E-state index is 13.1. The molecule has 27 heavy (non-hydrogen) atoms. The van der Waals surface area contributed by atoms with Crippen LogP contribution < -0.4 is 0 Å². The number of benzene rings is 1. The Labute approximate surface area is 159 Å². The fraction of sp³-hybridized carbons (Fsp3) is 0.550. The molecule has 1 N–H and O–H groups in total. The molecule has 2 saturated heterocycles. The molecule has 3 heterocycles. The van der Waals surface area contributed by atoms with Gasteiger partial charge in [0.15, 0.2) is 5.82 Å². The number of aromatic amines is 1. The second kappa shape index (κ2) is 8.63. The fourth-order valence-corrected chi connectivity index (χ4v) is 4.01. The number of H-pyrrole nitrogens is 1. The smallest absolute Gasteiger partial charge is 0.254 e. The maximum Gasteiger partial charge on any atom is 0.254 e. The van der Waals surface area contributed by atoms with Gasteiger partial charge in [-0.2, -0.15) is 5.10 Å². The van der Waals surface area contributed by atoms with Gasteiger partial charge in [0.25, 0.3) is 5.91 Å². The van der Waals surface area contributed by atoms with E-state index in [1.54, 1.807) is 0 Å². The van der Waals surface area contributed by atoms with E-state index in [9.17, 15) is 4.79 Å². The van der Waals surface area contributed by atoms with Crippen molar-refractivity contribution in [1.29, 1.82) is 0 Å². The molecule has 1 aromatic carbocycles. The van der Waals surface area contributed by atoms with Gasteiger partial charge in [-0.3, -0.25) is 14.8 Å². The van der Waals surface area contributed by atoms with Crippen molar-refractivity contribution in [2.45, 2.75) is 31.7 Å². The third-order valence-corrected chi connectivity index (χ3v) is 5.59. The van der Waals surface area contributed by atoms with Crippen LogP contribution in [-0.4, -0.2) is 76.3 Å². The summed E-state index contributed by atoms with van der Waals surface area (Å²) in [6, 6.07) is 7.99. The zero-order valence-electron chi connectivity index (χ0n) is 15.6. The lowest BCUT2D eigenvalue weighted by molar-refractivity contribution is 0.0296. The van der Waals surface area contributed by atoms with Crippen molar-refractivity contribution < 1.29 is 9.53 Å². The Morgan fingerprint density at radius 2 is 1.96 bits per heavy atom. The van der Waals surface area contributed by atoms with E-state index in [1.165, 1.54) is 12.7 Å². The number of nitrogens with zero attached hydrogens (tertiary/aromatic N) is 4. The number of morpholine rings is 1. The third-order valence-electron chi connectivity index (χ3n) is 5.59. The number of hydrogen-bond acceptors (Lipinski definition) is 5. The second-order valence-electron chi connectivity index (χ2n) is 7.30. The molecule has 0 radical (unpaired) electrons. The molecule has 0 spiro atoms. The highest BCUT2D eigenvalue weighted by atomic mass is 16.5. The molecule has 2 aromatic rings. The van der Waals surface area contributed by atoms with Crippen LogP contribution in [0.2, 0.25) is 0 Å². The number of ether oxygens (including phenoxy) is 1. The van der Waals surface area contributed by atoms with Crippen molar-refractivity contribution >= 4 is 5.91 Å². The normalized spacial score (nSPS) is 21.3. The molecule has 1 atom stereocenters. The predicted octanol–water partition coefficient (Wildman–Crippen LogP) is 2.19. The molecule has 0 saturated carbocycles. The van der Waals surface area contributed by atoms with Crippen molar-refractivity contribution in [3.8, 4) is 11.4 Å². The lowest BCUT2D eigenvalue weighted by atomic mass is 9.97. The van der Waals surface area contributed by atoms with E-state index >= 15 is 0 Å². The molecular formula is C20H27N5O2. The fourth-order valence-electron chi connectivity index (χ4n) is 4.01. The van der Waals surface area contributed by atoms with E-state index in [0.29, 0.717) is 6.04 Å². The first-order valence-electron chi connectivity index (χ1n) is 9.88.